The second-order valence-electron chi connectivity index (χ2n) is 7.32. The van der Waals surface area contributed by atoms with Crippen LogP contribution >= 0.6 is 0 Å². The number of imidazole rings is 1. The number of carbonyl (C=O) groups excluding carboxylic acids is 1. The summed E-state index contributed by atoms with van der Waals surface area (Å²) in [4.78, 5) is 20.0. The largest absolute Gasteiger partial charge is 0.276 e. The van der Waals surface area contributed by atoms with E-state index >= 15 is 0 Å². The monoisotopic (exact) mass is 379 g/mol. The number of pyridine rings is 1. The van der Waals surface area contributed by atoms with Crippen molar-refractivity contribution in [2.45, 2.75) is 65.2 Å². The van der Waals surface area contributed by atoms with Crippen LogP contribution in [0.4, 0.5) is 0 Å². The molecule has 4 nitrogen and oxygen atoms in total. The number of rotatable bonds is 9. The quantitative estimate of drug-likeness (QED) is 0.397. The Bertz CT molecular complexity index is 733. The van der Waals surface area contributed by atoms with Crippen molar-refractivity contribution in [2.24, 2.45) is 5.92 Å². The summed E-state index contributed by atoms with van der Waals surface area (Å²) in [6.45, 7) is 4.25. The predicted octanol–water partition coefficient (Wildman–Crippen LogP) is 6.53. The fourth-order valence-electron chi connectivity index (χ4n) is 3.19. The Morgan fingerprint density at radius 1 is 0.964 bits per heavy atom. The second-order valence-corrected chi connectivity index (χ2v) is 7.32. The lowest BCUT2D eigenvalue weighted by Crippen LogP contribution is -2.17. The molecule has 0 amide bonds. The molecule has 0 saturated heterocycles. The number of unbranched alkanes of at least 4 members (excludes halogenated alkanes) is 6. The third-order valence-electron chi connectivity index (χ3n) is 4.93. The Balaban J connectivity index is 0.000000233. The Kier molecular flexibility index (Phi) is 9.98. The number of benzene rings is 1. The van der Waals surface area contributed by atoms with Crippen LogP contribution in [0.2, 0.25) is 0 Å². The van der Waals surface area contributed by atoms with Crippen molar-refractivity contribution < 1.29 is 4.79 Å². The van der Waals surface area contributed by atoms with Gasteiger partial charge in [-0.15, -0.1) is 0 Å². The molecule has 150 valence electrons. The van der Waals surface area contributed by atoms with E-state index in [2.05, 4.69) is 29.0 Å². The van der Waals surface area contributed by atoms with Gasteiger partial charge in [0.05, 0.1) is 5.52 Å². The highest BCUT2D eigenvalue weighted by atomic mass is 16.2. The van der Waals surface area contributed by atoms with Gasteiger partial charge in [0.2, 0.25) is 5.91 Å². The van der Waals surface area contributed by atoms with Gasteiger partial charge in [-0.25, -0.2) is 4.98 Å². The molecule has 0 radical (unpaired) electrons. The van der Waals surface area contributed by atoms with Gasteiger partial charge in [-0.2, -0.15) is 0 Å². The van der Waals surface area contributed by atoms with Crippen molar-refractivity contribution in [1.29, 1.82) is 0 Å². The first kappa shape index (κ1) is 21.8. The molecule has 0 aliphatic heterocycles. The third kappa shape index (κ3) is 7.63. The van der Waals surface area contributed by atoms with Gasteiger partial charge < -0.3 is 0 Å². The van der Waals surface area contributed by atoms with E-state index < -0.39 is 0 Å². The maximum Gasteiger partial charge on any atom is 0.234 e. The van der Waals surface area contributed by atoms with Crippen molar-refractivity contribution in [3.05, 3.63) is 61.3 Å². The first-order chi connectivity index (χ1) is 13.7. The molecule has 1 atom stereocenters. The van der Waals surface area contributed by atoms with E-state index in [0.717, 1.165) is 18.4 Å². The molecule has 4 heteroatoms. The lowest BCUT2D eigenvalue weighted by molar-refractivity contribution is 0.0836. The summed E-state index contributed by atoms with van der Waals surface area (Å²) in [5, 5.41) is 1.20. The van der Waals surface area contributed by atoms with Crippen LogP contribution in [0.15, 0.2) is 61.3 Å². The van der Waals surface area contributed by atoms with Crippen molar-refractivity contribution in [3.8, 4) is 0 Å². The first-order valence-corrected chi connectivity index (χ1v) is 10.5. The molecule has 0 N–H and O–H groups in total. The minimum absolute atomic E-state index is 0.106. The zero-order chi connectivity index (χ0) is 20.0. The topological polar surface area (TPSA) is 47.8 Å². The maximum atomic E-state index is 11.9. The van der Waals surface area contributed by atoms with Gasteiger partial charge in [-0.05, 0) is 18.6 Å². The highest BCUT2D eigenvalue weighted by molar-refractivity contribution is 5.80. The van der Waals surface area contributed by atoms with Crippen LogP contribution < -0.4 is 0 Å². The van der Waals surface area contributed by atoms with Gasteiger partial charge in [-0.1, -0.05) is 83.1 Å². The van der Waals surface area contributed by atoms with Gasteiger partial charge in [0.1, 0.15) is 6.33 Å². The molecular formula is C24H33N3O. The molecular weight excluding hydrogens is 346 g/mol. The number of hydrogen-bond acceptors (Lipinski definition) is 3. The average molecular weight is 380 g/mol. The molecule has 3 rings (SSSR count). The number of fused-ring (bicyclic) bond motifs is 1. The van der Waals surface area contributed by atoms with E-state index in [1.165, 1.54) is 43.9 Å². The molecule has 3 aromatic rings. The molecule has 2 aromatic heterocycles. The molecule has 1 unspecified atom stereocenters. The fourth-order valence-corrected chi connectivity index (χ4v) is 3.19. The Morgan fingerprint density at radius 3 is 2.39 bits per heavy atom. The number of nitrogens with zero attached hydrogens (tertiary/aromatic N) is 3. The average Bonchev–Trinajstić information content (AvgIpc) is 3.28. The molecule has 0 aliphatic rings. The van der Waals surface area contributed by atoms with Crippen LogP contribution in [0.1, 0.15) is 70.0 Å². The number of hydrogen-bond donors (Lipinski definition) is 0. The van der Waals surface area contributed by atoms with Crippen LogP contribution in [0.3, 0.4) is 0 Å². The van der Waals surface area contributed by atoms with Crippen LogP contribution in [-0.4, -0.2) is 20.4 Å². The minimum atomic E-state index is 0.106. The summed E-state index contributed by atoms with van der Waals surface area (Å²) in [5.74, 6) is 0.272. The zero-order valence-corrected chi connectivity index (χ0v) is 17.3. The van der Waals surface area contributed by atoms with Crippen LogP contribution in [0.25, 0.3) is 10.9 Å². The Hall–Kier alpha value is -2.49. The van der Waals surface area contributed by atoms with Gasteiger partial charge in [0, 0.05) is 29.9 Å². The highest BCUT2D eigenvalue weighted by Crippen LogP contribution is 2.14. The summed E-state index contributed by atoms with van der Waals surface area (Å²) in [5.41, 5.74) is 1.06. The van der Waals surface area contributed by atoms with Crippen molar-refractivity contribution >= 4 is 16.8 Å². The van der Waals surface area contributed by atoms with Crippen molar-refractivity contribution in [1.82, 2.24) is 14.5 Å². The zero-order valence-electron chi connectivity index (χ0n) is 17.3. The third-order valence-corrected chi connectivity index (χ3v) is 4.93. The van der Waals surface area contributed by atoms with Crippen LogP contribution in [-0.2, 0) is 0 Å². The first-order valence-electron chi connectivity index (χ1n) is 10.5. The van der Waals surface area contributed by atoms with Gasteiger partial charge in [0.25, 0.3) is 0 Å². The van der Waals surface area contributed by atoms with E-state index in [0.29, 0.717) is 0 Å². The number of para-hydroxylation sites is 1. The van der Waals surface area contributed by atoms with Gasteiger partial charge in [-0.3, -0.25) is 14.3 Å². The van der Waals surface area contributed by atoms with E-state index in [9.17, 15) is 4.79 Å². The maximum absolute atomic E-state index is 11.9. The van der Waals surface area contributed by atoms with E-state index in [1.807, 2.05) is 37.4 Å². The minimum Gasteiger partial charge on any atom is -0.276 e. The lowest BCUT2D eigenvalue weighted by atomic mass is 10.0. The highest BCUT2D eigenvalue weighted by Gasteiger charge is 2.13. The standard InChI is InChI=1S/C15H26N2O.C9H7N/c1-3-4-5-6-7-8-9-10-14(2)15(18)17-12-11-16-13-17;1-2-6-9-8(4-1)5-3-7-10-9/h11-14H,3-10H2,1-2H3;1-7H. The Morgan fingerprint density at radius 2 is 1.68 bits per heavy atom. The smallest absolute Gasteiger partial charge is 0.234 e. The molecule has 0 spiro atoms. The van der Waals surface area contributed by atoms with Crippen molar-refractivity contribution in [2.75, 3.05) is 0 Å². The van der Waals surface area contributed by atoms with E-state index in [1.54, 1.807) is 23.3 Å². The summed E-state index contributed by atoms with van der Waals surface area (Å²) in [6.07, 6.45) is 16.9. The van der Waals surface area contributed by atoms with Gasteiger partial charge in [0.15, 0.2) is 0 Å². The summed E-state index contributed by atoms with van der Waals surface area (Å²) >= 11 is 0. The molecule has 1 aromatic carbocycles. The molecule has 0 saturated carbocycles. The molecule has 2 heterocycles. The summed E-state index contributed by atoms with van der Waals surface area (Å²) in [6, 6.07) is 12.1. The van der Waals surface area contributed by atoms with E-state index in [4.69, 9.17) is 0 Å². The summed E-state index contributed by atoms with van der Waals surface area (Å²) in [7, 11) is 0. The molecule has 28 heavy (non-hydrogen) atoms. The lowest BCUT2D eigenvalue weighted by Gasteiger charge is -2.10. The second kappa shape index (κ2) is 12.8. The molecule has 0 fully saturated rings. The molecule has 0 bridgehead atoms. The van der Waals surface area contributed by atoms with E-state index in [-0.39, 0.29) is 11.8 Å². The van der Waals surface area contributed by atoms with Crippen molar-refractivity contribution in [3.63, 3.8) is 0 Å². The Labute approximate surface area is 169 Å². The normalized spacial score (nSPS) is 11.6. The van der Waals surface area contributed by atoms with Gasteiger partial charge >= 0.3 is 0 Å². The molecule has 0 aliphatic carbocycles. The SMILES string of the molecule is CCCCCCCCCC(C)C(=O)n1ccnc1.c1ccc2ncccc2c1. The van der Waals surface area contributed by atoms with Crippen LogP contribution in [0, 0.1) is 5.92 Å². The summed E-state index contributed by atoms with van der Waals surface area (Å²) < 4.78 is 1.59. The fraction of sp³-hybridized carbons (Fsp3) is 0.458. The predicted molar refractivity (Wildman–Crippen MR) is 116 cm³/mol. The van der Waals surface area contributed by atoms with Crippen LogP contribution in [0.5, 0.6) is 0 Å². The number of carbonyl (C=O) groups is 1. The number of aromatic nitrogens is 3.